The fraction of sp³-hybridized carbons (Fsp3) is 0.533. The molecule has 0 saturated carbocycles. The number of carbonyl (C=O) groups is 2. The number of Topliss-reactive ketones (excluding diaryl/α,β-unsaturated/α-hetero) is 2. The molecule has 6 nitrogen and oxygen atoms in total. The standard InChI is InChI=1S/C30H44N2O4/c1-21(2)31(22(3)4)17-19-35-27-15-11-9-13-25(27)29(33)30(34)26-14-10-12-16-28(26)36-20-18-32(23(5)6)24(7)8/h9-16,21-24H,17-20H2,1-8H3. The molecular weight excluding hydrogens is 452 g/mol. The number of nitrogens with zero attached hydrogens (tertiary/aromatic N) is 2. The predicted octanol–water partition coefficient (Wildman–Crippen LogP) is 5.75. The van der Waals surface area contributed by atoms with Gasteiger partial charge in [-0.1, -0.05) is 24.3 Å². The summed E-state index contributed by atoms with van der Waals surface area (Å²) in [7, 11) is 0. The van der Waals surface area contributed by atoms with Gasteiger partial charge < -0.3 is 9.47 Å². The van der Waals surface area contributed by atoms with E-state index in [0.29, 0.717) is 48.9 Å². The maximum absolute atomic E-state index is 13.3. The molecule has 0 aliphatic carbocycles. The summed E-state index contributed by atoms with van der Waals surface area (Å²) in [6, 6.07) is 15.4. The van der Waals surface area contributed by atoms with Crippen LogP contribution < -0.4 is 9.47 Å². The van der Waals surface area contributed by atoms with E-state index in [4.69, 9.17) is 9.47 Å². The Labute approximate surface area is 217 Å². The van der Waals surface area contributed by atoms with E-state index in [1.165, 1.54) is 0 Å². The zero-order chi connectivity index (χ0) is 26.8. The summed E-state index contributed by atoms with van der Waals surface area (Å²) in [4.78, 5) is 31.2. The number of para-hydroxylation sites is 2. The molecule has 0 heterocycles. The summed E-state index contributed by atoms with van der Waals surface area (Å²) < 4.78 is 12.0. The molecule has 36 heavy (non-hydrogen) atoms. The van der Waals surface area contributed by atoms with Crippen molar-refractivity contribution in [2.45, 2.75) is 79.6 Å². The van der Waals surface area contributed by atoms with E-state index in [1.54, 1.807) is 36.4 Å². The third kappa shape index (κ3) is 8.17. The molecule has 0 amide bonds. The highest BCUT2D eigenvalue weighted by Crippen LogP contribution is 2.24. The second-order valence-corrected chi connectivity index (χ2v) is 10.2. The molecule has 0 aliphatic rings. The Hall–Kier alpha value is -2.70. The van der Waals surface area contributed by atoms with Crippen LogP contribution in [0.3, 0.4) is 0 Å². The Morgan fingerprint density at radius 1 is 0.583 bits per heavy atom. The molecule has 0 radical (unpaired) electrons. The molecule has 0 saturated heterocycles. The second-order valence-electron chi connectivity index (χ2n) is 10.2. The van der Waals surface area contributed by atoms with E-state index in [-0.39, 0.29) is 11.1 Å². The van der Waals surface area contributed by atoms with E-state index in [1.807, 2.05) is 12.1 Å². The average molecular weight is 497 g/mol. The van der Waals surface area contributed by atoms with Crippen LogP contribution in [-0.2, 0) is 0 Å². The first-order valence-electron chi connectivity index (χ1n) is 13.1. The van der Waals surface area contributed by atoms with Gasteiger partial charge in [0.15, 0.2) is 0 Å². The van der Waals surface area contributed by atoms with Gasteiger partial charge in [0.2, 0.25) is 11.6 Å². The lowest BCUT2D eigenvalue weighted by Crippen LogP contribution is -2.39. The third-order valence-electron chi connectivity index (χ3n) is 6.34. The third-order valence-corrected chi connectivity index (χ3v) is 6.34. The van der Waals surface area contributed by atoms with E-state index in [9.17, 15) is 9.59 Å². The number of ether oxygens (including phenoxy) is 2. The Kier molecular flexibility index (Phi) is 11.6. The minimum Gasteiger partial charge on any atom is -0.491 e. The summed E-state index contributed by atoms with van der Waals surface area (Å²) in [5, 5.41) is 0. The lowest BCUT2D eigenvalue weighted by atomic mass is 10.00. The molecule has 6 heteroatoms. The highest BCUT2D eigenvalue weighted by atomic mass is 16.5. The van der Waals surface area contributed by atoms with Crippen molar-refractivity contribution in [3.8, 4) is 11.5 Å². The van der Waals surface area contributed by atoms with Crippen molar-refractivity contribution < 1.29 is 19.1 Å². The quantitative estimate of drug-likeness (QED) is 0.231. The number of hydrogen-bond acceptors (Lipinski definition) is 6. The highest BCUT2D eigenvalue weighted by Gasteiger charge is 2.25. The first-order chi connectivity index (χ1) is 17.0. The Morgan fingerprint density at radius 2 is 0.889 bits per heavy atom. The molecule has 0 atom stereocenters. The van der Waals surface area contributed by atoms with Crippen molar-refractivity contribution in [1.82, 2.24) is 9.80 Å². The SMILES string of the molecule is CC(C)N(CCOc1ccccc1C(=O)C(=O)c1ccccc1OCCN(C(C)C)C(C)C)C(C)C. The van der Waals surface area contributed by atoms with Crippen molar-refractivity contribution in [2.24, 2.45) is 0 Å². The number of benzene rings is 2. The number of carbonyl (C=O) groups excluding carboxylic acids is 2. The maximum Gasteiger partial charge on any atom is 0.237 e. The van der Waals surface area contributed by atoms with Crippen LogP contribution in [-0.4, -0.2) is 71.8 Å². The zero-order valence-electron chi connectivity index (χ0n) is 23.3. The normalized spacial score (nSPS) is 11.8. The predicted molar refractivity (Wildman–Crippen MR) is 146 cm³/mol. The smallest absolute Gasteiger partial charge is 0.237 e. The Bertz CT molecular complexity index is 889. The highest BCUT2D eigenvalue weighted by molar-refractivity contribution is 6.50. The van der Waals surface area contributed by atoms with Gasteiger partial charge in [0.05, 0.1) is 11.1 Å². The molecular formula is C30H44N2O4. The summed E-state index contributed by atoms with van der Waals surface area (Å²) in [6.07, 6.45) is 0. The van der Waals surface area contributed by atoms with Gasteiger partial charge in [0.1, 0.15) is 24.7 Å². The molecule has 0 bridgehead atoms. The van der Waals surface area contributed by atoms with Gasteiger partial charge in [0, 0.05) is 37.3 Å². The van der Waals surface area contributed by atoms with E-state index >= 15 is 0 Å². The first-order valence-corrected chi connectivity index (χ1v) is 13.1. The Morgan fingerprint density at radius 3 is 1.19 bits per heavy atom. The van der Waals surface area contributed by atoms with E-state index in [2.05, 4.69) is 65.2 Å². The van der Waals surface area contributed by atoms with Crippen molar-refractivity contribution >= 4 is 11.6 Å². The van der Waals surface area contributed by atoms with Crippen LogP contribution in [0.25, 0.3) is 0 Å². The molecule has 0 aromatic heterocycles. The molecule has 2 aromatic rings. The van der Waals surface area contributed by atoms with Crippen LogP contribution in [0.1, 0.15) is 76.1 Å². The summed E-state index contributed by atoms with van der Waals surface area (Å²) in [6.45, 7) is 19.5. The van der Waals surface area contributed by atoms with Crippen LogP contribution in [0.2, 0.25) is 0 Å². The lowest BCUT2D eigenvalue weighted by Gasteiger charge is -2.30. The molecule has 2 rings (SSSR count). The van der Waals surface area contributed by atoms with Crippen LogP contribution in [0.4, 0.5) is 0 Å². The van der Waals surface area contributed by atoms with Gasteiger partial charge in [0.25, 0.3) is 0 Å². The fourth-order valence-electron chi connectivity index (χ4n) is 4.55. The van der Waals surface area contributed by atoms with Crippen LogP contribution in [0.5, 0.6) is 11.5 Å². The summed E-state index contributed by atoms with van der Waals surface area (Å²) in [5.41, 5.74) is 0.535. The van der Waals surface area contributed by atoms with E-state index < -0.39 is 11.6 Å². The minimum absolute atomic E-state index is 0.267. The largest absolute Gasteiger partial charge is 0.491 e. The minimum atomic E-state index is -0.600. The van der Waals surface area contributed by atoms with Gasteiger partial charge in [-0.05, 0) is 79.7 Å². The lowest BCUT2D eigenvalue weighted by molar-refractivity contribution is 0.0809. The molecule has 0 N–H and O–H groups in total. The average Bonchev–Trinajstić information content (AvgIpc) is 2.83. The molecule has 2 aromatic carbocycles. The molecule has 0 aliphatic heterocycles. The van der Waals surface area contributed by atoms with Gasteiger partial charge in [-0.15, -0.1) is 0 Å². The maximum atomic E-state index is 13.3. The van der Waals surface area contributed by atoms with Crippen LogP contribution in [0, 0.1) is 0 Å². The van der Waals surface area contributed by atoms with Crippen molar-refractivity contribution in [1.29, 1.82) is 0 Å². The van der Waals surface area contributed by atoms with Gasteiger partial charge in [-0.3, -0.25) is 19.4 Å². The first kappa shape index (κ1) is 29.5. The van der Waals surface area contributed by atoms with Crippen molar-refractivity contribution in [3.63, 3.8) is 0 Å². The fourth-order valence-corrected chi connectivity index (χ4v) is 4.55. The topological polar surface area (TPSA) is 59.1 Å². The van der Waals surface area contributed by atoms with Crippen molar-refractivity contribution in [2.75, 3.05) is 26.3 Å². The molecule has 0 unspecified atom stereocenters. The van der Waals surface area contributed by atoms with Crippen LogP contribution in [0.15, 0.2) is 48.5 Å². The number of hydrogen-bond donors (Lipinski definition) is 0. The Balaban J connectivity index is 2.13. The number of ketones is 2. The van der Waals surface area contributed by atoms with Crippen molar-refractivity contribution in [3.05, 3.63) is 59.7 Å². The van der Waals surface area contributed by atoms with E-state index in [0.717, 1.165) is 13.1 Å². The molecule has 0 fully saturated rings. The summed E-state index contributed by atoms with van der Waals surface area (Å²) in [5.74, 6) is -0.355. The monoisotopic (exact) mass is 496 g/mol. The molecule has 0 spiro atoms. The van der Waals surface area contributed by atoms with Gasteiger partial charge >= 0.3 is 0 Å². The zero-order valence-corrected chi connectivity index (χ0v) is 23.3. The van der Waals surface area contributed by atoms with Crippen LogP contribution >= 0.6 is 0 Å². The summed E-state index contributed by atoms with van der Waals surface area (Å²) >= 11 is 0. The van der Waals surface area contributed by atoms with Gasteiger partial charge in [-0.2, -0.15) is 0 Å². The second kappa shape index (κ2) is 14.1. The van der Waals surface area contributed by atoms with Gasteiger partial charge in [-0.25, -0.2) is 0 Å². The number of rotatable bonds is 15. The molecule has 198 valence electrons.